The average Bonchev–Trinajstić information content (AvgIpc) is 3.57. The van der Waals surface area contributed by atoms with Crippen molar-refractivity contribution in [3.63, 3.8) is 0 Å². The second kappa shape index (κ2) is 11.1. The van der Waals surface area contributed by atoms with E-state index in [0.717, 1.165) is 12.8 Å². The summed E-state index contributed by atoms with van der Waals surface area (Å²) in [5, 5.41) is 9.12. The quantitative estimate of drug-likeness (QED) is 0.377. The Morgan fingerprint density at radius 3 is 2.67 bits per heavy atom. The monoisotopic (exact) mass is 597 g/mol. The van der Waals surface area contributed by atoms with Crippen LogP contribution in [0.1, 0.15) is 24.8 Å². The lowest BCUT2D eigenvalue weighted by Gasteiger charge is -2.41. The Morgan fingerprint density at radius 2 is 1.90 bits per heavy atom. The van der Waals surface area contributed by atoms with Gasteiger partial charge in [0.05, 0.1) is 22.8 Å². The molecule has 2 saturated heterocycles. The number of nitrogens with zero attached hydrogens (tertiary/aromatic N) is 4. The number of benzene rings is 2. The molecular formula is C28H29ClFN7O5. The van der Waals surface area contributed by atoms with Crippen LogP contribution in [0.3, 0.4) is 0 Å². The molecule has 5 amide bonds. The molecule has 1 atom stereocenters. The minimum absolute atomic E-state index is 0.0397. The van der Waals surface area contributed by atoms with Gasteiger partial charge in [0.25, 0.3) is 0 Å². The maximum absolute atomic E-state index is 14.3. The second-order valence-electron chi connectivity index (χ2n) is 10.6. The van der Waals surface area contributed by atoms with Crippen molar-refractivity contribution in [3.05, 3.63) is 59.0 Å². The molecule has 0 unspecified atom stereocenters. The molecule has 0 spiro atoms. The first-order valence-electron chi connectivity index (χ1n) is 13.7. The van der Waals surface area contributed by atoms with Crippen LogP contribution in [0.2, 0.25) is 5.02 Å². The molecular weight excluding hydrogens is 569 g/mol. The molecule has 14 heteroatoms. The van der Waals surface area contributed by atoms with Crippen molar-refractivity contribution in [2.45, 2.75) is 31.8 Å². The van der Waals surface area contributed by atoms with Gasteiger partial charge < -0.3 is 15.8 Å². The van der Waals surface area contributed by atoms with Gasteiger partial charge >= 0.3 is 18.2 Å². The summed E-state index contributed by atoms with van der Waals surface area (Å²) < 4.78 is 20.7. The summed E-state index contributed by atoms with van der Waals surface area (Å²) in [6.07, 6.45) is 3.38. The van der Waals surface area contributed by atoms with Gasteiger partial charge in [0, 0.05) is 49.0 Å². The molecule has 220 valence electrons. The lowest BCUT2D eigenvalue weighted by molar-refractivity contribution is -0.127. The van der Waals surface area contributed by atoms with E-state index < -0.39 is 35.9 Å². The van der Waals surface area contributed by atoms with E-state index in [-0.39, 0.29) is 17.1 Å². The molecule has 42 heavy (non-hydrogen) atoms. The summed E-state index contributed by atoms with van der Waals surface area (Å²) in [4.78, 5) is 53.0. The molecule has 0 radical (unpaired) electrons. The van der Waals surface area contributed by atoms with Crippen molar-refractivity contribution in [1.82, 2.24) is 19.9 Å². The Labute approximate surface area is 245 Å². The first-order valence-corrected chi connectivity index (χ1v) is 14.0. The number of fused-ring (bicyclic) bond motifs is 2. The van der Waals surface area contributed by atoms with Gasteiger partial charge in [0.15, 0.2) is 0 Å². The van der Waals surface area contributed by atoms with Crippen LogP contribution in [0.5, 0.6) is 0 Å². The fraction of sp³-hybridized carbons (Fsp3) is 0.357. The SMILES string of the molecule is NC(=O)n1cc(N2CCN3CC[C@@H](C(=O)NCc4cccc(Cl)c4F)N3C2=O)c2ccc(NC(=O)OCC3CC3)cc21. The van der Waals surface area contributed by atoms with Crippen molar-refractivity contribution < 1.29 is 28.3 Å². The highest BCUT2D eigenvalue weighted by atomic mass is 35.5. The van der Waals surface area contributed by atoms with Crippen LogP contribution in [0, 0.1) is 11.7 Å². The summed E-state index contributed by atoms with van der Waals surface area (Å²) in [6.45, 7) is 1.54. The predicted octanol–water partition coefficient (Wildman–Crippen LogP) is 3.87. The van der Waals surface area contributed by atoms with Crippen LogP contribution in [0.15, 0.2) is 42.6 Å². The van der Waals surface area contributed by atoms with Gasteiger partial charge in [-0.15, -0.1) is 0 Å². The van der Waals surface area contributed by atoms with Crippen LogP contribution in [-0.4, -0.2) is 70.9 Å². The van der Waals surface area contributed by atoms with Gasteiger partial charge in [0.1, 0.15) is 11.9 Å². The number of carbonyl (C=O) groups excluding carboxylic acids is 4. The number of urea groups is 1. The lowest BCUT2D eigenvalue weighted by Crippen LogP contribution is -2.61. The maximum Gasteiger partial charge on any atom is 0.411 e. The van der Waals surface area contributed by atoms with Gasteiger partial charge in [-0.1, -0.05) is 23.7 Å². The molecule has 4 N–H and O–H groups in total. The normalized spacial score (nSPS) is 18.7. The minimum Gasteiger partial charge on any atom is -0.449 e. The summed E-state index contributed by atoms with van der Waals surface area (Å²) in [5.41, 5.74) is 7.12. The summed E-state index contributed by atoms with van der Waals surface area (Å²) in [7, 11) is 0. The molecule has 1 aliphatic carbocycles. The number of aromatic nitrogens is 1. The molecule has 3 aromatic rings. The molecule has 12 nitrogen and oxygen atoms in total. The van der Waals surface area contributed by atoms with Crippen LogP contribution in [-0.2, 0) is 16.1 Å². The smallest absolute Gasteiger partial charge is 0.411 e. The third kappa shape index (κ3) is 5.32. The van der Waals surface area contributed by atoms with Crippen molar-refractivity contribution >= 4 is 57.9 Å². The van der Waals surface area contributed by atoms with Crippen molar-refractivity contribution in [2.75, 3.05) is 36.5 Å². The molecule has 1 saturated carbocycles. The highest BCUT2D eigenvalue weighted by Crippen LogP contribution is 2.35. The van der Waals surface area contributed by atoms with Crippen LogP contribution >= 0.6 is 11.6 Å². The highest BCUT2D eigenvalue weighted by molar-refractivity contribution is 6.30. The third-order valence-electron chi connectivity index (χ3n) is 7.76. The Hall–Kier alpha value is -4.36. The van der Waals surface area contributed by atoms with Gasteiger partial charge in [0.2, 0.25) is 5.91 Å². The van der Waals surface area contributed by atoms with Crippen LogP contribution < -0.4 is 21.3 Å². The van der Waals surface area contributed by atoms with Gasteiger partial charge in [-0.25, -0.2) is 28.8 Å². The van der Waals surface area contributed by atoms with E-state index in [2.05, 4.69) is 10.6 Å². The number of hydrazine groups is 1. The van der Waals surface area contributed by atoms with Crippen LogP contribution in [0.4, 0.5) is 30.1 Å². The van der Waals surface area contributed by atoms with Crippen molar-refractivity contribution in [1.29, 1.82) is 0 Å². The molecule has 0 bridgehead atoms. The number of carbonyl (C=O) groups is 4. The minimum atomic E-state index is -0.801. The Morgan fingerprint density at radius 1 is 1.10 bits per heavy atom. The number of primary amides is 1. The van der Waals surface area contributed by atoms with E-state index in [1.165, 1.54) is 32.8 Å². The van der Waals surface area contributed by atoms with Gasteiger partial charge in [-0.05, 0) is 49.4 Å². The number of amides is 5. The number of ether oxygens (including phenoxy) is 1. The number of anilines is 2. The van der Waals surface area contributed by atoms with Crippen LogP contribution in [0.25, 0.3) is 10.9 Å². The van der Waals surface area contributed by atoms with E-state index >= 15 is 0 Å². The summed E-state index contributed by atoms with van der Waals surface area (Å²) in [6, 6.07) is 7.47. The molecule has 3 aliphatic rings. The number of halogens is 2. The zero-order valence-electron chi connectivity index (χ0n) is 22.5. The zero-order chi connectivity index (χ0) is 29.5. The summed E-state index contributed by atoms with van der Waals surface area (Å²) in [5.74, 6) is -0.610. The first-order chi connectivity index (χ1) is 20.2. The third-order valence-corrected chi connectivity index (χ3v) is 8.05. The Bertz CT molecular complexity index is 1590. The second-order valence-corrected chi connectivity index (χ2v) is 11.0. The zero-order valence-corrected chi connectivity index (χ0v) is 23.3. The number of rotatable bonds is 7. The molecule has 3 fully saturated rings. The predicted molar refractivity (Wildman–Crippen MR) is 152 cm³/mol. The molecule has 2 aromatic carbocycles. The van der Waals surface area contributed by atoms with E-state index in [9.17, 15) is 23.6 Å². The molecule has 2 aliphatic heterocycles. The van der Waals surface area contributed by atoms with E-state index in [1.807, 2.05) is 5.01 Å². The molecule has 1 aromatic heterocycles. The number of hydrogen-bond donors (Lipinski definition) is 3. The lowest BCUT2D eigenvalue weighted by atomic mass is 10.1. The highest BCUT2D eigenvalue weighted by Gasteiger charge is 2.45. The molecule has 3 heterocycles. The Balaban J connectivity index is 1.21. The molecule has 6 rings (SSSR count). The van der Waals surface area contributed by atoms with E-state index in [4.69, 9.17) is 22.1 Å². The van der Waals surface area contributed by atoms with Gasteiger partial charge in [-0.2, -0.15) is 0 Å². The fourth-order valence-electron chi connectivity index (χ4n) is 5.37. The van der Waals surface area contributed by atoms with Crippen molar-refractivity contribution in [2.24, 2.45) is 11.7 Å². The fourth-order valence-corrected chi connectivity index (χ4v) is 5.57. The number of nitrogens with two attached hydrogens (primary N) is 1. The standard InChI is InChI=1S/C28H29ClFN7O5/c29-20-3-1-2-17(24(20)30)13-32-25(38)21-8-9-34-10-11-35(28(41)37(21)34)23-14-36(26(31)39)22-12-18(6-7-19(22)23)33-27(40)42-15-16-4-5-16/h1-3,6-7,12,14,16,21H,4-5,8-11,13,15H2,(H2,31,39)(H,32,38)(H,33,40)/t21-/m0/s1. The maximum atomic E-state index is 14.3. The van der Waals surface area contributed by atoms with E-state index in [0.29, 0.717) is 60.9 Å². The van der Waals surface area contributed by atoms with Gasteiger partial charge in [-0.3, -0.25) is 19.6 Å². The first kappa shape index (κ1) is 27.8. The average molecular weight is 598 g/mol. The van der Waals surface area contributed by atoms with E-state index in [1.54, 1.807) is 24.3 Å². The van der Waals surface area contributed by atoms with Crippen molar-refractivity contribution in [3.8, 4) is 0 Å². The Kier molecular flexibility index (Phi) is 7.37. The largest absolute Gasteiger partial charge is 0.449 e. The summed E-state index contributed by atoms with van der Waals surface area (Å²) >= 11 is 5.85. The topological polar surface area (TPSA) is 142 Å². The number of hydrogen-bond acceptors (Lipinski definition) is 6. The number of nitrogens with one attached hydrogen (secondary N) is 2.